The number of fused-ring (bicyclic) bond motifs is 5. The number of amides is 1. The van der Waals surface area contributed by atoms with Gasteiger partial charge < -0.3 is 0 Å². The number of hydrogen-bond donors (Lipinski definition) is 2. The summed E-state index contributed by atoms with van der Waals surface area (Å²) < 4.78 is 0. The maximum atomic E-state index is 13.1. The van der Waals surface area contributed by atoms with Crippen LogP contribution < -0.4 is 10.9 Å². The predicted molar refractivity (Wildman–Crippen MR) is 118 cm³/mol. The monoisotopic (exact) mass is 390 g/mol. The number of nitrogens with one attached hydrogen (secondary N) is 2. The fourth-order valence-electron chi connectivity index (χ4n) is 7.47. The number of carbonyl (C=O) groups is 1. The van der Waals surface area contributed by atoms with Crippen LogP contribution in [0.4, 0.5) is 5.69 Å². The Kier molecular flexibility index (Phi) is 4.60. The minimum Gasteiger partial charge on any atom is -0.298 e. The molecular formula is C26H34N2O. The molecule has 3 heteroatoms. The van der Waals surface area contributed by atoms with Gasteiger partial charge in [-0.15, -0.1) is 0 Å². The third-order valence-electron chi connectivity index (χ3n) is 9.13. The number of para-hydroxylation sites is 1. The van der Waals surface area contributed by atoms with E-state index in [1.165, 1.54) is 32.1 Å². The van der Waals surface area contributed by atoms with Crippen molar-refractivity contribution < 1.29 is 4.79 Å². The van der Waals surface area contributed by atoms with E-state index in [2.05, 4.69) is 42.9 Å². The lowest BCUT2D eigenvalue weighted by Crippen LogP contribution is -2.52. The highest BCUT2D eigenvalue weighted by molar-refractivity contribution is 5.96. The van der Waals surface area contributed by atoms with Crippen LogP contribution in [0.25, 0.3) is 0 Å². The van der Waals surface area contributed by atoms with Crippen molar-refractivity contribution in [1.29, 1.82) is 0 Å². The van der Waals surface area contributed by atoms with Crippen molar-refractivity contribution in [3.63, 3.8) is 0 Å². The molecule has 0 radical (unpaired) electrons. The van der Waals surface area contributed by atoms with Crippen molar-refractivity contribution in [3.8, 4) is 0 Å². The van der Waals surface area contributed by atoms with E-state index in [-0.39, 0.29) is 11.3 Å². The Morgan fingerprint density at radius 3 is 2.66 bits per heavy atom. The van der Waals surface area contributed by atoms with Gasteiger partial charge in [-0.05, 0) is 86.2 Å². The summed E-state index contributed by atoms with van der Waals surface area (Å²) in [5.41, 5.74) is 8.47. The van der Waals surface area contributed by atoms with Crippen molar-refractivity contribution in [2.24, 2.45) is 34.5 Å². The van der Waals surface area contributed by atoms with Crippen molar-refractivity contribution in [2.75, 3.05) is 5.43 Å². The number of hydrazine groups is 1. The summed E-state index contributed by atoms with van der Waals surface area (Å²) in [6, 6.07) is 9.86. The lowest BCUT2D eigenvalue weighted by molar-refractivity contribution is -0.120. The van der Waals surface area contributed by atoms with Gasteiger partial charge >= 0.3 is 0 Å². The van der Waals surface area contributed by atoms with Crippen molar-refractivity contribution in [3.05, 3.63) is 54.1 Å². The molecule has 29 heavy (non-hydrogen) atoms. The largest absolute Gasteiger partial charge is 0.298 e. The zero-order valence-electron chi connectivity index (χ0n) is 17.8. The van der Waals surface area contributed by atoms with E-state index in [0.717, 1.165) is 41.9 Å². The maximum Gasteiger partial charge on any atom is 0.265 e. The van der Waals surface area contributed by atoms with E-state index in [1.807, 2.05) is 30.3 Å². The Morgan fingerprint density at radius 2 is 1.83 bits per heavy atom. The van der Waals surface area contributed by atoms with Crippen LogP contribution in [0.15, 0.2) is 54.1 Å². The Morgan fingerprint density at radius 1 is 1.00 bits per heavy atom. The molecule has 0 heterocycles. The summed E-state index contributed by atoms with van der Waals surface area (Å²) in [6.45, 7) is 4.93. The molecule has 5 rings (SSSR count). The average molecular weight is 391 g/mol. The second kappa shape index (κ2) is 7.04. The van der Waals surface area contributed by atoms with Crippen LogP contribution in [-0.2, 0) is 4.79 Å². The fraction of sp³-hybridized carbons (Fsp3) is 0.577. The first-order valence-corrected chi connectivity index (χ1v) is 11.5. The van der Waals surface area contributed by atoms with Gasteiger partial charge in [0.1, 0.15) is 0 Å². The number of carbonyl (C=O) groups excluding carboxylic acids is 1. The molecule has 1 unspecified atom stereocenters. The van der Waals surface area contributed by atoms with Crippen LogP contribution in [0, 0.1) is 34.5 Å². The molecule has 6 atom stereocenters. The molecular weight excluding hydrogens is 356 g/mol. The zero-order chi connectivity index (χ0) is 20.1. The van der Waals surface area contributed by atoms with E-state index >= 15 is 0 Å². The Balaban J connectivity index is 1.32. The summed E-state index contributed by atoms with van der Waals surface area (Å²) in [7, 11) is 0. The number of benzene rings is 1. The Hall–Kier alpha value is -2.03. The van der Waals surface area contributed by atoms with Crippen molar-refractivity contribution in [1.82, 2.24) is 5.43 Å². The van der Waals surface area contributed by atoms with E-state index in [0.29, 0.717) is 11.3 Å². The second-order valence-corrected chi connectivity index (χ2v) is 10.3. The molecule has 1 aromatic carbocycles. The lowest BCUT2D eigenvalue weighted by Gasteiger charge is -2.59. The third-order valence-corrected chi connectivity index (χ3v) is 9.13. The van der Waals surface area contributed by atoms with Gasteiger partial charge in [-0.25, -0.2) is 0 Å². The number of hydrogen-bond acceptors (Lipinski definition) is 2. The highest BCUT2D eigenvalue weighted by atomic mass is 16.2. The van der Waals surface area contributed by atoms with Crippen molar-refractivity contribution in [2.45, 2.75) is 58.8 Å². The summed E-state index contributed by atoms with van der Waals surface area (Å²) in [4.78, 5) is 13.1. The average Bonchev–Trinajstić information content (AvgIpc) is 3.09. The smallest absolute Gasteiger partial charge is 0.265 e. The van der Waals surface area contributed by atoms with E-state index < -0.39 is 0 Å². The van der Waals surface area contributed by atoms with Crippen LogP contribution in [0.3, 0.4) is 0 Å². The number of anilines is 1. The lowest BCUT2D eigenvalue weighted by atomic mass is 9.45. The molecule has 2 fully saturated rings. The SMILES string of the molecule is C[C@]12CC=CCC1CC[C@@H]1[C@@H]2CC[C@]2(C)C(C(=O)NNc3ccccc3)=CC[C@@H]12. The van der Waals surface area contributed by atoms with E-state index in [4.69, 9.17) is 0 Å². The molecule has 2 N–H and O–H groups in total. The first-order chi connectivity index (χ1) is 14.0. The molecule has 2 saturated carbocycles. The minimum atomic E-state index is 0.0251. The van der Waals surface area contributed by atoms with Crippen LogP contribution in [0.2, 0.25) is 0 Å². The number of allylic oxidation sites excluding steroid dienone is 3. The molecule has 1 aromatic rings. The molecule has 4 aliphatic carbocycles. The van der Waals surface area contributed by atoms with E-state index in [1.54, 1.807) is 0 Å². The second-order valence-electron chi connectivity index (χ2n) is 10.3. The quantitative estimate of drug-likeness (QED) is 0.500. The molecule has 154 valence electrons. The van der Waals surface area contributed by atoms with Crippen LogP contribution in [0.1, 0.15) is 58.8 Å². The van der Waals surface area contributed by atoms with Gasteiger partial charge in [-0.1, -0.05) is 50.3 Å². The van der Waals surface area contributed by atoms with Gasteiger partial charge in [0.25, 0.3) is 5.91 Å². The zero-order valence-corrected chi connectivity index (χ0v) is 17.8. The fourth-order valence-corrected chi connectivity index (χ4v) is 7.47. The summed E-state index contributed by atoms with van der Waals surface area (Å²) in [6.07, 6.45) is 15.8. The van der Waals surface area contributed by atoms with Gasteiger partial charge in [0.15, 0.2) is 0 Å². The van der Waals surface area contributed by atoms with Gasteiger partial charge in [-0.2, -0.15) is 0 Å². The summed E-state index contributed by atoms with van der Waals surface area (Å²) >= 11 is 0. The molecule has 0 spiro atoms. The Bertz CT molecular complexity index is 844. The predicted octanol–water partition coefficient (Wildman–Crippen LogP) is 5.87. The van der Waals surface area contributed by atoms with Crippen LogP contribution in [0.5, 0.6) is 0 Å². The van der Waals surface area contributed by atoms with Gasteiger partial charge in [0.2, 0.25) is 0 Å². The molecule has 0 aromatic heterocycles. The summed E-state index contributed by atoms with van der Waals surface area (Å²) in [5.74, 6) is 3.14. The molecule has 1 amide bonds. The molecule has 0 aliphatic heterocycles. The highest BCUT2D eigenvalue weighted by Crippen LogP contribution is 2.65. The minimum absolute atomic E-state index is 0.0251. The van der Waals surface area contributed by atoms with E-state index in [9.17, 15) is 4.79 Å². The third kappa shape index (κ3) is 2.96. The molecule has 0 saturated heterocycles. The molecule has 4 aliphatic rings. The Labute approximate surface area is 175 Å². The van der Waals surface area contributed by atoms with Gasteiger partial charge in [-0.3, -0.25) is 15.6 Å². The standard InChI is InChI=1S/C26H34N2O/c1-25-16-7-6-8-18(25)11-12-20-21-13-14-23(26(21,2)17-15-22(20)25)24(29)28-27-19-9-4-3-5-10-19/h3-7,9-10,14,18,20-22,27H,8,11-13,15-17H2,1-2H3,(H,28,29)/t18?,20-,21-,22-,25-,26-/m0/s1. The topological polar surface area (TPSA) is 41.1 Å². The number of rotatable bonds is 3. The molecule has 3 nitrogen and oxygen atoms in total. The van der Waals surface area contributed by atoms with Gasteiger partial charge in [0, 0.05) is 11.0 Å². The maximum absolute atomic E-state index is 13.1. The van der Waals surface area contributed by atoms with Crippen LogP contribution >= 0.6 is 0 Å². The van der Waals surface area contributed by atoms with Gasteiger partial charge in [0.05, 0.1) is 5.69 Å². The highest BCUT2D eigenvalue weighted by Gasteiger charge is 2.58. The molecule has 0 bridgehead atoms. The first-order valence-electron chi connectivity index (χ1n) is 11.5. The summed E-state index contributed by atoms with van der Waals surface area (Å²) in [5, 5.41) is 0. The van der Waals surface area contributed by atoms with Crippen molar-refractivity contribution >= 4 is 11.6 Å². The first kappa shape index (κ1) is 19.0. The normalized spacial score (nSPS) is 40.3. The van der Waals surface area contributed by atoms with Crippen LogP contribution in [-0.4, -0.2) is 5.91 Å².